The highest BCUT2D eigenvalue weighted by atomic mass is 28.4. The fourth-order valence-electron chi connectivity index (χ4n) is 9.17. The lowest BCUT2D eigenvalue weighted by molar-refractivity contribution is 0.556. The first-order valence-electron chi connectivity index (χ1n) is 19.0. The molecule has 0 N–H and O–H groups in total. The van der Waals surface area contributed by atoms with E-state index in [-0.39, 0.29) is 11.8 Å². The lowest BCUT2D eigenvalue weighted by Gasteiger charge is -2.31. The fourth-order valence-corrected chi connectivity index (χ4v) is 15.3. The van der Waals surface area contributed by atoms with Gasteiger partial charge in [-0.1, -0.05) is 120 Å². The maximum atomic E-state index is 6.39. The van der Waals surface area contributed by atoms with E-state index >= 15 is 0 Å². The number of rotatable bonds is 7. The van der Waals surface area contributed by atoms with Crippen molar-refractivity contribution in [2.24, 2.45) is 5.92 Å². The molecule has 1 aliphatic heterocycles. The molecular weight excluding hydrogens is 657 g/mol. The molecule has 2 aromatic carbocycles. The summed E-state index contributed by atoms with van der Waals surface area (Å²) in [6.45, 7) is 18.5. The van der Waals surface area contributed by atoms with Gasteiger partial charge in [0.15, 0.2) is 0 Å². The summed E-state index contributed by atoms with van der Waals surface area (Å²) in [6, 6.07) is 19.6. The Hall–Kier alpha value is -3.39. The summed E-state index contributed by atoms with van der Waals surface area (Å²) in [5.41, 5.74) is 12.4. The molecule has 0 amide bonds. The zero-order valence-electron chi connectivity index (χ0n) is 31.6. The summed E-state index contributed by atoms with van der Waals surface area (Å²) in [5, 5.41) is 3.52. The summed E-state index contributed by atoms with van der Waals surface area (Å²) in [4.78, 5) is 0. The first-order chi connectivity index (χ1) is 23.9. The van der Waals surface area contributed by atoms with Gasteiger partial charge in [0.25, 0.3) is 0 Å². The predicted molar refractivity (Wildman–Crippen MR) is 221 cm³/mol. The van der Waals surface area contributed by atoms with Gasteiger partial charge in [0.1, 0.15) is 20.3 Å². The Bertz CT molecular complexity index is 1880. The van der Waals surface area contributed by atoms with Crippen molar-refractivity contribution >= 4 is 25.4 Å². The normalized spacial score (nSPS) is 25.3. The number of hydrogen-bond donors (Lipinski definition) is 0. The molecule has 260 valence electrons. The lowest BCUT2D eigenvalue weighted by Crippen LogP contribution is -2.29. The molecule has 0 saturated heterocycles. The van der Waals surface area contributed by atoms with Gasteiger partial charge in [-0.3, -0.25) is 0 Å². The zero-order valence-corrected chi connectivity index (χ0v) is 34.8. The molecule has 0 radical (unpaired) electrons. The number of allylic oxidation sites excluding steroid dienone is 16. The summed E-state index contributed by atoms with van der Waals surface area (Å²) in [5.74, 6) is 3.04. The Kier molecular flexibility index (Phi) is 9.79. The Labute approximate surface area is 305 Å². The number of fused-ring (bicyclic) bond motifs is 3. The smallest absolute Gasteiger partial charge is 0.242 e. The van der Waals surface area contributed by atoms with Crippen molar-refractivity contribution in [1.29, 1.82) is 0 Å². The van der Waals surface area contributed by atoms with Crippen molar-refractivity contribution in [3.05, 3.63) is 152 Å². The highest BCUT2D eigenvalue weighted by Gasteiger charge is 2.42. The minimum atomic E-state index is -1.68. The van der Waals surface area contributed by atoms with E-state index in [0.29, 0.717) is 5.92 Å². The molecule has 4 unspecified atom stereocenters. The van der Waals surface area contributed by atoms with Crippen molar-refractivity contribution in [3.63, 3.8) is 0 Å². The van der Waals surface area contributed by atoms with Crippen molar-refractivity contribution in [1.82, 2.24) is 0 Å². The Balaban J connectivity index is 1.32. The first kappa shape index (κ1) is 35.0. The Morgan fingerprint density at radius 3 is 1.76 bits per heavy atom. The summed E-state index contributed by atoms with van der Waals surface area (Å²) in [6.07, 6.45) is 25.4. The van der Waals surface area contributed by atoms with Crippen LogP contribution in [0.3, 0.4) is 0 Å². The molecule has 2 nitrogen and oxygen atoms in total. The van der Waals surface area contributed by atoms with Crippen LogP contribution in [-0.2, 0) is 0 Å². The monoisotopic (exact) mass is 712 g/mol. The van der Waals surface area contributed by atoms with Crippen LogP contribution in [-0.4, -0.2) is 25.4 Å². The molecule has 0 fully saturated rings. The molecule has 2 aromatic rings. The van der Waals surface area contributed by atoms with Crippen LogP contribution in [0.2, 0.25) is 45.3 Å². The van der Waals surface area contributed by atoms with Gasteiger partial charge in [0, 0.05) is 17.8 Å². The molecule has 50 heavy (non-hydrogen) atoms. The largest absolute Gasteiger partial charge is 0.544 e. The molecule has 4 aliphatic carbocycles. The van der Waals surface area contributed by atoms with E-state index in [0.717, 1.165) is 17.9 Å². The predicted octanol–water partition coefficient (Wildman–Crippen LogP) is 12.4. The van der Waals surface area contributed by atoms with Crippen LogP contribution in [0.4, 0.5) is 0 Å². The van der Waals surface area contributed by atoms with Gasteiger partial charge in [-0.2, -0.15) is 0 Å². The van der Waals surface area contributed by atoms with Crippen LogP contribution in [0.1, 0.15) is 68.9 Å². The average Bonchev–Trinajstić information content (AvgIpc) is 3.31. The third-order valence-corrected chi connectivity index (χ3v) is 16.7. The summed E-state index contributed by atoms with van der Waals surface area (Å²) < 4.78 is 12.8. The van der Waals surface area contributed by atoms with Crippen LogP contribution >= 0.6 is 0 Å². The van der Waals surface area contributed by atoms with Crippen molar-refractivity contribution in [2.75, 3.05) is 0 Å². The van der Waals surface area contributed by atoms with Gasteiger partial charge in [-0.05, 0) is 124 Å². The van der Waals surface area contributed by atoms with E-state index in [1.165, 1.54) is 48.4 Å². The van der Waals surface area contributed by atoms with Crippen LogP contribution in [0, 0.1) is 5.92 Å². The zero-order chi connectivity index (χ0) is 35.2. The van der Waals surface area contributed by atoms with E-state index < -0.39 is 25.4 Å². The average molecular weight is 713 g/mol. The first-order valence-corrected chi connectivity index (χ1v) is 27.8. The van der Waals surface area contributed by atoms with Gasteiger partial charge in [0.2, 0.25) is 16.6 Å². The molecule has 0 spiro atoms. The summed E-state index contributed by atoms with van der Waals surface area (Å²) in [7, 11) is -4.98. The van der Waals surface area contributed by atoms with E-state index in [1.54, 1.807) is 38.3 Å². The fraction of sp³-hybridized carbons (Fsp3) is 0.378. The highest BCUT2D eigenvalue weighted by Crippen LogP contribution is 2.54. The molecule has 1 heterocycles. The van der Waals surface area contributed by atoms with Crippen LogP contribution in [0.5, 0.6) is 11.5 Å². The highest BCUT2D eigenvalue weighted by molar-refractivity contribution is 6.76. The van der Waals surface area contributed by atoms with Crippen molar-refractivity contribution < 1.29 is 8.85 Å². The van der Waals surface area contributed by atoms with Gasteiger partial charge >= 0.3 is 0 Å². The molecule has 5 heteroatoms. The van der Waals surface area contributed by atoms with Crippen LogP contribution in [0.15, 0.2) is 141 Å². The van der Waals surface area contributed by atoms with Crippen LogP contribution in [0.25, 0.3) is 0 Å². The molecule has 2 bridgehead atoms. The third kappa shape index (κ3) is 7.19. The van der Waals surface area contributed by atoms with Gasteiger partial charge in [-0.25, -0.2) is 0 Å². The molecular formula is C45H56O2Si3. The topological polar surface area (TPSA) is 18.5 Å². The quantitative estimate of drug-likeness (QED) is 0.266. The lowest BCUT2D eigenvalue weighted by atomic mass is 9.86. The van der Waals surface area contributed by atoms with E-state index in [1.807, 2.05) is 0 Å². The minimum absolute atomic E-state index is 0.253. The molecule has 7 rings (SSSR count). The minimum Gasteiger partial charge on any atom is -0.544 e. The Morgan fingerprint density at radius 1 is 0.620 bits per heavy atom. The molecule has 0 saturated carbocycles. The Morgan fingerprint density at radius 2 is 1.18 bits per heavy atom. The second-order valence-corrected chi connectivity index (χ2v) is 28.7. The standard InChI is InChI=1S/C45H56O2Si3/c1-31-30-35-16-11-12-18-39(33-21-25-36(26-22-33)46-49(3,4)5)42(35)44(31)48-29-15-9-10-17-38-32(2)45(48)43-40(19-13-14-20-41(38)43)34-23-27-37(28-24-34)47-50(6,7)8/h11-14,16,18-28,38-40,48H,9-10,15,17,29-30H2,1-8H3. The number of hydrogen-bond acceptors (Lipinski definition) is 2. The molecule has 4 atom stereocenters. The second kappa shape index (κ2) is 14.0. The number of benzene rings is 2. The maximum absolute atomic E-state index is 6.39. The van der Waals surface area contributed by atoms with E-state index in [9.17, 15) is 0 Å². The van der Waals surface area contributed by atoms with Crippen LogP contribution < -0.4 is 8.85 Å². The third-order valence-electron chi connectivity index (χ3n) is 11.0. The van der Waals surface area contributed by atoms with Gasteiger partial charge in [-0.15, -0.1) is 0 Å². The SMILES string of the molecule is CC1=C([SiH]2CCCCCC3C(C)=C2C2=C3C=CC=CC2c2ccc(O[Si](C)(C)C)cc2)C2=C(C=CC=CC2c2ccc(O[Si](C)(C)C)cc2)C1. The van der Waals surface area contributed by atoms with Crippen molar-refractivity contribution in [3.8, 4) is 11.5 Å². The summed E-state index contributed by atoms with van der Waals surface area (Å²) >= 11 is 0. The molecule has 0 aromatic heterocycles. The van der Waals surface area contributed by atoms with E-state index in [4.69, 9.17) is 8.85 Å². The second-order valence-electron chi connectivity index (χ2n) is 17.0. The maximum Gasteiger partial charge on any atom is 0.242 e. The van der Waals surface area contributed by atoms with Gasteiger partial charge in [0.05, 0.1) is 0 Å². The van der Waals surface area contributed by atoms with Gasteiger partial charge < -0.3 is 8.85 Å². The molecule has 5 aliphatic rings. The van der Waals surface area contributed by atoms with E-state index in [2.05, 4.69) is 150 Å². The van der Waals surface area contributed by atoms with Crippen molar-refractivity contribution in [2.45, 2.75) is 103 Å².